The second-order valence-corrected chi connectivity index (χ2v) is 17.0. The average Bonchev–Trinajstić information content (AvgIpc) is 3.25. The number of ether oxygens (including phenoxy) is 3. The first-order chi connectivity index (χ1) is 29.6. The van der Waals surface area contributed by atoms with Crippen molar-refractivity contribution in [2.45, 2.75) is 258 Å². The number of rotatable bonds is 47. The van der Waals surface area contributed by atoms with E-state index in [9.17, 15) is 9.59 Å². The molecule has 5 heteroatoms. The topological polar surface area (TPSA) is 61.8 Å². The van der Waals surface area contributed by atoms with E-state index >= 15 is 0 Å². The van der Waals surface area contributed by atoms with Crippen LogP contribution >= 0.6 is 0 Å². The molecule has 0 aliphatic carbocycles. The molecule has 1 atom stereocenters. The zero-order valence-corrected chi connectivity index (χ0v) is 40.0. The van der Waals surface area contributed by atoms with Gasteiger partial charge in [-0.05, 0) is 77.0 Å². The lowest BCUT2D eigenvalue weighted by molar-refractivity contribution is -0.163. The third kappa shape index (κ3) is 48.3. The molecule has 0 aromatic carbocycles. The van der Waals surface area contributed by atoms with E-state index in [0.29, 0.717) is 19.4 Å². The molecule has 0 saturated carbocycles. The minimum atomic E-state index is -0.544. The lowest BCUT2D eigenvalue weighted by Gasteiger charge is -2.18. The second kappa shape index (κ2) is 51.0. The fourth-order valence-corrected chi connectivity index (χ4v) is 7.19. The molecule has 0 fully saturated rings. The molecular formula is C55H98O5. The number of carbonyl (C=O) groups excluding carboxylic acids is 2. The second-order valence-electron chi connectivity index (χ2n) is 17.0. The van der Waals surface area contributed by atoms with Crippen LogP contribution in [0.15, 0.2) is 60.8 Å². The number of allylic oxidation sites excluding steroid dienone is 10. The highest BCUT2D eigenvalue weighted by molar-refractivity contribution is 5.70. The third-order valence-electron chi connectivity index (χ3n) is 11.0. The predicted molar refractivity (Wildman–Crippen MR) is 261 cm³/mol. The van der Waals surface area contributed by atoms with Crippen LogP contribution < -0.4 is 0 Å². The molecule has 0 aliphatic heterocycles. The van der Waals surface area contributed by atoms with Crippen molar-refractivity contribution in [3.05, 3.63) is 60.8 Å². The van der Waals surface area contributed by atoms with Crippen LogP contribution in [0.2, 0.25) is 0 Å². The van der Waals surface area contributed by atoms with Crippen LogP contribution in [0.3, 0.4) is 0 Å². The minimum Gasteiger partial charge on any atom is -0.462 e. The van der Waals surface area contributed by atoms with E-state index in [1.54, 1.807) is 0 Å². The summed E-state index contributed by atoms with van der Waals surface area (Å²) in [5.74, 6) is -0.417. The van der Waals surface area contributed by atoms with Crippen molar-refractivity contribution in [3.63, 3.8) is 0 Å². The van der Waals surface area contributed by atoms with E-state index in [2.05, 4.69) is 81.5 Å². The van der Waals surface area contributed by atoms with Gasteiger partial charge in [0.25, 0.3) is 0 Å². The largest absolute Gasteiger partial charge is 0.462 e. The van der Waals surface area contributed by atoms with Gasteiger partial charge in [0.15, 0.2) is 6.10 Å². The van der Waals surface area contributed by atoms with Gasteiger partial charge in [-0.3, -0.25) is 9.59 Å². The van der Waals surface area contributed by atoms with Gasteiger partial charge in [0, 0.05) is 19.4 Å². The van der Waals surface area contributed by atoms with Crippen LogP contribution in [0.1, 0.15) is 252 Å². The van der Waals surface area contributed by atoms with Crippen LogP contribution in [0.25, 0.3) is 0 Å². The number of hydrogen-bond donors (Lipinski definition) is 0. The van der Waals surface area contributed by atoms with E-state index in [0.717, 1.165) is 89.9 Å². The summed E-state index contributed by atoms with van der Waals surface area (Å²) in [5.41, 5.74) is 0. The molecule has 0 rings (SSSR count). The van der Waals surface area contributed by atoms with Crippen molar-refractivity contribution in [3.8, 4) is 0 Å². The first kappa shape index (κ1) is 57.6. The van der Waals surface area contributed by atoms with Crippen LogP contribution in [-0.4, -0.2) is 37.9 Å². The lowest BCUT2D eigenvalue weighted by Crippen LogP contribution is -2.30. The van der Waals surface area contributed by atoms with Crippen molar-refractivity contribution in [1.82, 2.24) is 0 Å². The highest BCUT2D eigenvalue weighted by atomic mass is 16.6. The first-order valence-corrected chi connectivity index (χ1v) is 25.8. The van der Waals surface area contributed by atoms with Crippen molar-refractivity contribution in [2.24, 2.45) is 0 Å². The Hall–Kier alpha value is -2.40. The van der Waals surface area contributed by atoms with E-state index in [4.69, 9.17) is 14.2 Å². The smallest absolute Gasteiger partial charge is 0.306 e. The van der Waals surface area contributed by atoms with Crippen molar-refractivity contribution >= 4 is 11.9 Å². The molecule has 60 heavy (non-hydrogen) atoms. The van der Waals surface area contributed by atoms with Crippen LogP contribution in [-0.2, 0) is 23.8 Å². The molecule has 0 heterocycles. The van der Waals surface area contributed by atoms with Crippen molar-refractivity contribution in [2.75, 3.05) is 19.8 Å². The van der Waals surface area contributed by atoms with Gasteiger partial charge in [-0.2, -0.15) is 0 Å². The zero-order chi connectivity index (χ0) is 43.5. The monoisotopic (exact) mass is 839 g/mol. The summed E-state index contributed by atoms with van der Waals surface area (Å²) in [5, 5.41) is 0. The van der Waals surface area contributed by atoms with Gasteiger partial charge in [-0.25, -0.2) is 0 Å². The Labute approximate surface area is 373 Å². The lowest BCUT2D eigenvalue weighted by atomic mass is 10.0. The normalized spacial score (nSPS) is 12.7. The van der Waals surface area contributed by atoms with Crippen LogP contribution in [0.4, 0.5) is 0 Å². The summed E-state index contributed by atoms with van der Waals surface area (Å²) in [6.07, 6.45) is 63.7. The average molecular weight is 839 g/mol. The molecule has 1 unspecified atom stereocenters. The molecule has 0 aliphatic rings. The number of hydrogen-bond acceptors (Lipinski definition) is 5. The highest BCUT2D eigenvalue weighted by Gasteiger charge is 2.17. The van der Waals surface area contributed by atoms with Gasteiger partial charge in [-0.15, -0.1) is 0 Å². The highest BCUT2D eigenvalue weighted by Crippen LogP contribution is 2.15. The molecule has 348 valence electrons. The minimum absolute atomic E-state index is 0.0758. The van der Waals surface area contributed by atoms with Gasteiger partial charge in [0.1, 0.15) is 6.61 Å². The summed E-state index contributed by atoms with van der Waals surface area (Å²) in [6, 6.07) is 0. The summed E-state index contributed by atoms with van der Waals surface area (Å²) in [4.78, 5) is 25.4. The van der Waals surface area contributed by atoms with E-state index in [-0.39, 0.29) is 25.2 Å². The molecule has 0 bridgehead atoms. The standard InChI is InChI=1S/C55H98O5/c1-4-7-10-13-16-19-22-24-26-27-28-29-30-31-34-36-39-42-45-48-54(56)59-52-53(60-55(57)49-46-43-40-37-33-21-18-15-12-9-6-3)51-58-50-47-44-41-38-35-32-25-23-20-17-14-11-8-5-2/h7,10,15-16,18-19,24,26,28-29,53H,4-6,8-9,11-14,17,20-23,25,27,30-52H2,1-3H3/b10-7-,18-15-,19-16-,26-24-,29-28-. The fourth-order valence-electron chi connectivity index (χ4n) is 7.19. The summed E-state index contributed by atoms with van der Waals surface area (Å²) < 4.78 is 17.4. The molecule has 0 aromatic heterocycles. The first-order valence-electron chi connectivity index (χ1n) is 25.8. The van der Waals surface area contributed by atoms with Gasteiger partial charge >= 0.3 is 11.9 Å². The maximum atomic E-state index is 12.8. The third-order valence-corrected chi connectivity index (χ3v) is 11.0. The Bertz CT molecular complexity index is 1040. The molecule has 0 saturated heterocycles. The number of unbranched alkanes of at least 4 members (excludes halogenated alkanes) is 26. The van der Waals surface area contributed by atoms with Crippen molar-refractivity contribution in [1.29, 1.82) is 0 Å². The van der Waals surface area contributed by atoms with Gasteiger partial charge in [-0.1, -0.05) is 223 Å². The summed E-state index contributed by atoms with van der Waals surface area (Å²) in [6.45, 7) is 7.68. The molecule has 0 spiro atoms. The number of esters is 2. The quantitative estimate of drug-likeness (QED) is 0.0347. The molecule has 0 radical (unpaired) electrons. The van der Waals surface area contributed by atoms with Crippen molar-refractivity contribution < 1.29 is 23.8 Å². The van der Waals surface area contributed by atoms with Gasteiger partial charge in [0.05, 0.1) is 6.61 Å². The van der Waals surface area contributed by atoms with E-state index in [1.807, 2.05) is 0 Å². The van der Waals surface area contributed by atoms with Gasteiger partial charge in [0.2, 0.25) is 0 Å². The Balaban J connectivity index is 4.24. The molecule has 0 aromatic rings. The van der Waals surface area contributed by atoms with Crippen LogP contribution in [0.5, 0.6) is 0 Å². The summed E-state index contributed by atoms with van der Waals surface area (Å²) in [7, 11) is 0. The van der Waals surface area contributed by atoms with Crippen LogP contribution in [0, 0.1) is 0 Å². The fraction of sp³-hybridized carbons (Fsp3) is 0.782. The Morgan fingerprint density at radius 2 is 0.767 bits per heavy atom. The SMILES string of the molecule is CC/C=C\C/C=C\C/C=C\C/C=C\CCCCCCCCC(=O)OCC(COCCCCCCCCCCCCCCCC)OC(=O)CCCCCCC/C=C\CCCC. The van der Waals surface area contributed by atoms with Gasteiger partial charge < -0.3 is 14.2 Å². The van der Waals surface area contributed by atoms with E-state index in [1.165, 1.54) is 128 Å². The molecular weight excluding hydrogens is 741 g/mol. The maximum Gasteiger partial charge on any atom is 0.306 e. The Morgan fingerprint density at radius 1 is 0.383 bits per heavy atom. The summed E-state index contributed by atoms with van der Waals surface area (Å²) >= 11 is 0. The molecule has 5 nitrogen and oxygen atoms in total. The molecule has 0 amide bonds. The maximum absolute atomic E-state index is 12.8. The van der Waals surface area contributed by atoms with E-state index < -0.39 is 6.10 Å². The Morgan fingerprint density at radius 3 is 1.27 bits per heavy atom. The number of carbonyl (C=O) groups is 2. The molecule has 0 N–H and O–H groups in total. The Kier molecular flexibility index (Phi) is 48.9. The predicted octanol–water partition coefficient (Wildman–Crippen LogP) is 17.3. The zero-order valence-electron chi connectivity index (χ0n) is 40.0.